The average molecular weight is 762 g/mol. The van der Waals surface area contributed by atoms with Crippen LogP contribution in [-0.4, -0.2) is 41.2 Å². The van der Waals surface area contributed by atoms with Gasteiger partial charge in [-0.1, -0.05) is 157 Å². The first kappa shape index (κ1) is 37.9. The van der Waals surface area contributed by atoms with Gasteiger partial charge in [-0.2, -0.15) is 5.10 Å². The first-order valence-corrected chi connectivity index (χ1v) is 18.8. The molecule has 1 aliphatic heterocycles. The van der Waals surface area contributed by atoms with Gasteiger partial charge in [-0.3, -0.25) is 0 Å². The summed E-state index contributed by atoms with van der Waals surface area (Å²) in [6.45, 7) is 1.75. The van der Waals surface area contributed by atoms with E-state index in [4.69, 9.17) is 46.9 Å². The van der Waals surface area contributed by atoms with E-state index in [1.165, 1.54) is 0 Å². The SMILES string of the molecule is Clc1ccc(Cc2cc(C3OC(COCc4ccccc4)C(OCc4ccccc4)C(OCc4ccccc4)C3OCc3ccccc3)ccc2Cl)nn1. The Morgan fingerprint density at radius 1 is 0.519 bits per heavy atom. The van der Waals surface area contributed by atoms with Gasteiger partial charge in [-0.05, 0) is 51.6 Å². The molecule has 6 aromatic rings. The van der Waals surface area contributed by atoms with Crippen LogP contribution in [0.25, 0.3) is 0 Å². The summed E-state index contributed by atoms with van der Waals surface area (Å²) in [4.78, 5) is 0. The third-order valence-corrected chi connectivity index (χ3v) is 9.91. The van der Waals surface area contributed by atoms with E-state index in [1.54, 1.807) is 6.07 Å². The van der Waals surface area contributed by atoms with Crippen molar-refractivity contribution in [3.8, 4) is 0 Å². The number of benzene rings is 5. The molecule has 2 heterocycles. The molecule has 1 aliphatic rings. The van der Waals surface area contributed by atoms with Crippen LogP contribution in [-0.2, 0) is 56.5 Å². The summed E-state index contributed by atoms with van der Waals surface area (Å²) in [6, 6.07) is 50.0. The molecule has 0 saturated carbocycles. The molecule has 276 valence electrons. The zero-order valence-corrected chi connectivity index (χ0v) is 31.3. The van der Waals surface area contributed by atoms with Gasteiger partial charge >= 0.3 is 0 Å². The maximum atomic E-state index is 7.11. The van der Waals surface area contributed by atoms with Crippen LogP contribution in [0, 0.1) is 0 Å². The van der Waals surface area contributed by atoms with Crippen molar-refractivity contribution >= 4 is 23.2 Å². The highest BCUT2D eigenvalue weighted by atomic mass is 35.5. The Balaban J connectivity index is 1.26. The number of rotatable bonds is 16. The van der Waals surface area contributed by atoms with Gasteiger partial charge in [-0.25, -0.2) is 0 Å². The minimum absolute atomic E-state index is 0.266. The molecule has 0 spiro atoms. The molecule has 0 radical (unpaired) electrons. The minimum atomic E-state index is -0.579. The lowest BCUT2D eigenvalue weighted by molar-refractivity contribution is -0.275. The first-order chi connectivity index (χ1) is 26.6. The second kappa shape index (κ2) is 19.2. The Bertz CT molecular complexity index is 2010. The van der Waals surface area contributed by atoms with Crippen molar-refractivity contribution in [3.63, 3.8) is 0 Å². The van der Waals surface area contributed by atoms with E-state index in [2.05, 4.69) is 52.7 Å². The summed E-state index contributed by atoms with van der Waals surface area (Å²) in [7, 11) is 0. The van der Waals surface area contributed by atoms with Crippen LogP contribution in [0.2, 0.25) is 10.2 Å². The molecule has 1 saturated heterocycles. The Kier molecular flexibility index (Phi) is 13.5. The molecule has 7 nitrogen and oxygen atoms in total. The highest BCUT2D eigenvalue weighted by molar-refractivity contribution is 6.31. The maximum Gasteiger partial charge on any atom is 0.151 e. The maximum absolute atomic E-state index is 7.11. The van der Waals surface area contributed by atoms with Crippen LogP contribution in [0.4, 0.5) is 0 Å². The van der Waals surface area contributed by atoms with Crippen molar-refractivity contribution in [1.29, 1.82) is 0 Å². The number of ether oxygens (including phenoxy) is 5. The second-order valence-corrected chi connectivity index (χ2v) is 14.0. The van der Waals surface area contributed by atoms with E-state index >= 15 is 0 Å². The molecular formula is C45H42Cl2N2O5. The molecule has 7 rings (SSSR count). The van der Waals surface area contributed by atoms with Gasteiger partial charge in [0.15, 0.2) is 5.15 Å². The van der Waals surface area contributed by atoms with Gasteiger partial charge in [0.2, 0.25) is 0 Å². The molecule has 54 heavy (non-hydrogen) atoms. The van der Waals surface area contributed by atoms with E-state index in [0.29, 0.717) is 43.0 Å². The molecule has 0 aliphatic carbocycles. The molecular weight excluding hydrogens is 719 g/mol. The number of hydrogen-bond acceptors (Lipinski definition) is 7. The van der Waals surface area contributed by atoms with E-state index in [1.807, 2.05) is 103 Å². The fraction of sp³-hybridized carbons (Fsp3) is 0.244. The summed E-state index contributed by atoms with van der Waals surface area (Å²) in [5, 5.41) is 9.25. The van der Waals surface area contributed by atoms with Gasteiger partial charge in [0, 0.05) is 11.4 Å². The fourth-order valence-corrected chi connectivity index (χ4v) is 6.88. The average Bonchev–Trinajstić information content (AvgIpc) is 3.22. The van der Waals surface area contributed by atoms with E-state index in [-0.39, 0.29) is 6.61 Å². The van der Waals surface area contributed by atoms with E-state index < -0.39 is 30.5 Å². The third kappa shape index (κ3) is 10.4. The van der Waals surface area contributed by atoms with E-state index in [9.17, 15) is 0 Å². The lowest BCUT2D eigenvalue weighted by atomic mass is 9.89. The zero-order chi connectivity index (χ0) is 37.0. The lowest BCUT2D eigenvalue weighted by Gasteiger charge is -2.46. The fourth-order valence-electron chi connectivity index (χ4n) is 6.60. The Morgan fingerprint density at radius 3 is 1.57 bits per heavy atom. The van der Waals surface area contributed by atoms with Crippen LogP contribution >= 0.6 is 23.2 Å². The molecule has 5 aromatic carbocycles. The smallest absolute Gasteiger partial charge is 0.151 e. The van der Waals surface area contributed by atoms with Crippen LogP contribution in [0.15, 0.2) is 152 Å². The number of nitrogens with zero attached hydrogens (tertiary/aromatic N) is 2. The van der Waals surface area contributed by atoms with Gasteiger partial charge in [0.25, 0.3) is 0 Å². The Labute approximate surface area is 326 Å². The van der Waals surface area contributed by atoms with Crippen LogP contribution < -0.4 is 0 Å². The largest absolute Gasteiger partial charge is 0.374 e. The highest BCUT2D eigenvalue weighted by Gasteiger charge is 2.49. The van der Waals surface area contributed by atoms with Crippen LogP contribution in [0.5, 0.6) is 0 Å². The first-order valence-electron chi connectivity index (χ1n) is 18.1. The summed E-state index contributed by atoms with van der Waals surface area (Å²) in [5.41, 5.74) is 6.69. The lowest BCUT2D eigenvalue weighted by Crippen LogP contribution is -2.58. The quantitative estimate of drug-likeness (QED) is 0.0973. The number of aromatic nitrogens is 2. The summed E-state index contributed by atoms with van der Waals surface area (Å²) >= 11 is 12.8. The topological polar surface area (TPSA) is 71.9 Å². The Morgan fingerprint density at radius 2 is 1.04 bits per heavy atom. The van der Waals surface area contributed by atoms with Crippen molar-refractivity contribution in [2.45, 2.75) is 63.4 Å². The van der Waals surface area contributed by atoms with E-state index in [0.717, 1.165) is 39.1 Å². The number of halogens is 2. The molecule has 0 bridgehead atoms. The van der Waals surface area contributed by atoms with Gasteiger partial charge in [0.1, 0.15) is 30.5 Å². The molecule has 0 N–H and O–H groups in total. The molecule has 1 fully saturated rings. The van der Waals surface area contributed by atoms with Crippen LogP contribution in [0.3, 0.4) is 0 Å². The summed E-state index contributed by atoms with van der Waals surface area (Å²) in [5.74, 6) is 0. The molecule has 1 aromatic heterocycles. The highest BCUT2D eigenvalue weighted by Crippen LogP contribution is 2.40. The van der Waals surface area contributed by atoms with Crippen molar-refractivity contribution in [2.24, 2.45) is 0 Å². The van der Waals surface area contributed by atoms with Crippen molar-refractivity contribution in [3.05, 3.63) is 201 Å². The number of hydrogen-bond donors (Lipinski definition) is 0. The van der Waals surface area contributed by atoms with Gasteiger partial charge < -0.3 is 23.7 Å². The summed E-state index contributed by atoms with van der Waals surface area (Å²) in [6.07, 6.45) is -2.30. The third-order valence-electron chi connectivity index (χ3n) is 9.34. The normalized spacial score (nSPS) is 19.8. The molecule has 9 heteroatoms. The standard InChI is InChI=1S/C45H42Cl2N2O5/c46-39-23-21-36(25-37(39)26-38-22-24-41(47)49-48-38)42-44(52-29-34-17-9-3-10-18-34)45(53-30-35-19-11-4-12-20-35)43(51-28-33-15-7-2-8-16-33)40(54-42)31-50-27-32-13-5-1-6-14-32/h1-25,40,42-45H,26-31H2. The predicted octanol–water partition coefficient (Wildman–Crippen LogP) is 9.79. The van der Waals surface area contributed by atoms with Gasteiger partial charge in [0.05, 0.1) is 38.7 Å². The minimum Gasteiger partial charge on any atom is -0.374 e. The monoisotopic (exact) mass is 760 g/mol. The molecule has 5 unspecified atom stereocenters. The summed E-state index contributed by atoms with van der Waals surface area (Å²) < 4.78 is 34.2. The Hall–Kier alpha value is -4.44. The van der Waals surface area contributed by atoms with Crippen molar-refractivity contribution in [2.75, 3.05) is 6.61 Å². The van der Waals surface area contributed by atoms with Crippen molar-refractivity contribution < 1.29 is 23.7 Å². The van der Waals surface area contributed by atoms with Gasteiger partial charge in [-0.15, -0.1) is 5.10 Å². The van der Waals surface area contributed by atoms with Crippen molar-refractivity contribution in [1.82, 2.24) is 10.2 Å². The predicted molar refractivity (Wildman–Crippen MR) is 210 cm³/mol. The zero-order valence-electron chi connectivity index (χ0n) is 29.8. The molecule has 0 amide bonds. The van der Waals surface area contributed by atoms with Crippen LogP contribution in [0.1, 0.15) is 45.2 Å². The molecule has 5 atom stereocenters. The second-order valence-electron chi connectivity index (χ2n) is 13.3.